The molecule has 0 aromatic heterocycles. The summed E-state index contributed by atoms with van der Waals surface area (Å²) in [4.78, 5) is 23.3. The van der Waals surface area contributed by atoms with E-state index in [9.17, 15) is 9.59 Å². The molecule has 2 rings (SSSR count). The molecular weight excluding hydrogens is 396 g/mol. The molecule has 146 valence electrons. The van der Waals surface area contributed by atoms with E-state index in [1.165, 1.54) is 6.92 Å². The number of benzene rings is 2. The summed E-state index contributed by atoms with van der Waals surface area (Å²) in [6.07, 6.45) is 0. The smallest absolute Gasteiger partial charge is 0.257 e. The van der Waals surface area contributed by atoms with Gasteiger partial charge in [-0.25, -0.2) is 0 Å². The standard InChI is InChI=1S/C19H20N4O3S2/c1-3-26-16-6-4-5-13(11-16)17(25)23-19(28)22-15-9-7-14(8-10-15)21-18(27)20-12(2)24/h4-11H,3H2,1-2H3,(H2,20,21,24,27)(H2,22,23,25,28). The topological polar surface area (TPSA) is 91.5 Å². The highest BCUT2D eigenvalue weighted by Crippen LogP contribution is 2.15. The maximum Gasteiger partial charge on any atom is 0.257 e. The van der Waals surface area contributed by atoms with Gasteiger partial charge in [-0.3, -0.25) is 14.9 Å². The summed E-state index contributed by atoms with van der Waals surface area (Å²) in [5.41, 5.74) is 1.83. The summed E-state index contributed by atoms with van der Waals surface area (Å²) >= 11 is 10.2. The highest BCUT2D eigenvalue weighted by atomic mass is 32.1. The van der Waals surface area contributed by atoms with Gasteiger partial charge in [0, 0.05) is 23.9 Å². The van der Waals surface area contributed by atoms with Crippen molar-refractivity contribution >= 4 is 57.8 Å². The Hall–Kier alpha value is -3.04. The van der Waals surface area contributed by atoms with Crippen LogP contribution in [0.3, 0.4) is 0 Å². The third-order valence-corrected chi connectivity index (χ3v) is 3.73. The number of carbonyl (C=O) groups is 2. The summed E-state index contributed by atoms with van der Waals surface area (Å²) in [5, 5.41) is 11.3. The number of anilines is 2. The molecule has 0 aliphatic carbocycles. The Kier molecular flexibility index (Phi) is 7.85. The van der Waals surface area contributed by atoms with E-state index in [2.05, 4.69) is 21.3 Å². The number of ether oxygens (including phenoxy) is 1. The van der Waals surface area contributed by atoms with Gasteiger partial charge in [-0.2, -0.15) is 0 Å². The third kappa shape index (κ3) is 6.93. The SMILES string of the molecule is CCOc1cccc(C(=O)NC(=S)Nc2ccc(NC(=S)NC(C)=O)cc2)c1. The molecule has 0 aliphatic heterocycles. The molecule has 0 fully saturated rings. The maximum atomic E-state index is 12.3. The molecule has 2 aromatic carbocycles. The second-order valence-corrected chi connectivity index (χ2v) is 6.40. The summed E-state index contributed by atoms with van der Waals surface area (Å²) < 4.78 is 5.39. The fourth-order valence-corrected chi connectivity index (χ4v) is 2.66. The van der Waals surface area contributed by atoms with E-state index in [1.807, 2.05) is 6.92 Å². The van der Waals surface area contributed by atoms with Crippen molar-refractivity contribution in [3.63, 3.8) is 0 Å². The molecule has 0 bridgehead atoms. The monoisotopic (exact) mass is 416 g/mol. The van der Waals surface area contributed by atoms with Crippen molar-refractivity contribution in [2.24, 2.45) is 0 Å². The van der Waals surface area contributed by atoms with Gasteiger partial charge in [0.05, 0.1) is 6.61 Å². The second kappa shape index (κ2) is 10.3. The highest BCUT2D eigenvalue weighted by molar-refractivity contribution is 7.80. The molecule has 28 heavy (non-hydrogen) atoms. The fraction of sp³-hybridized carbons (Fsp3) is 0.158. The van der Waals surface area contributed by atoms with Crippen LogP contribution in [0.1, 0.15) is 24.2 Å². The van der Waals surface area contributed by atoms with E-state index < -0.39 is 0 Å². The van der Waals surface area contributed by atoms with Gasteiger partial charge in [0.1, 0.15) is 5.75 Å². The first-order chi connectivity index (χ1) is 13.4. The minimum atomic E-state index is -0.335. The summed E-state index contributed by atoms with van der Waals surface area (Å²) in [7, 11) is 0. The third-order valence-electron chi connectivity index (χ3n) is 3.32. The van der Waals surface area contributed by atoms with Gasteiger partial charge in [0.25, 0.3) is 5.91 Å². The second-order valence-electron chi connectivity index (χ2n) is 5.58. The lowest BCUT2D eigenvalue weighted by Gasteiger charge is -2.12. The van der Waals surface area contributed by atoms with Crippen LogP contribution in [0, 0.1) is 0 Å². The van der Waals surface area contributed by atoms with E-state index in [4.69, 9.17) is 29.2 Å². The van der Waals surface area contributed by atoms with Crippen molar-refractivity contribution < 1.29 is 14.3 Å². The van der Waals surface area contributed by atoms with E-state index in [1.54, 1.807) is 48.5 Å². The summed E-state index contributed by atoms with van der Waals surface area (Å²) in [5.74, 6) is 0.0379. The number of hydrogen-bond donors (Lipinski definition) is 4. The van der Waals surface area contributed by atoms with Gasteiger partial charge in [0.2, 0.25) is 5.91 Å². The summed E-state index contributed by atoms with van der Waals surface area (Å²) in [6, 6.07) is 13.9. The largest absolute Gasteiger partial charge is 0.494 e. The molecule has 0 atom stereocenters. The summed E-state index contributed by atoms with van der Waals surface area (Å²) in [6.45, 7) is 3.77. The van der Waals surface area contributed by atoms with Gasteiger partial charge < -0.3 is 20.7 Å². The van der Waals surface area contributed by atoms with Gasteiger partial charge in [-0.1, -0.05) is 6.07 Å². The molecule has 2 amide bonds. The number of thiocarbonyl (C=S) groups is 2. The average Bonchev–Trinajstić information content (AvgIpc) is 2.63. The normalized spacial score (nSPS) is 9.79. The Bertz CT molecular complexity index is 885. The van der Waals surface area contributed by atoms with Crippen LogP contribution in [0.25, 0.3) is 0 Å². The average molecular weight is 417 g/mol. The quantitative estimate of drug-likeness (QED) is 0.557. The molecular formula is C19H20N4O3S2. The van der Waals surface area contributed by atoms with Crippen LogP contribution in [-0.2, 0) is 4.79 Å². The molecule has 0 saturated heterocycles. The Morgan fingerprint density at radius 2 is 1.50 bits per heavy atom. The lowest BCUT2D eigenvalue weighted by Crippen LogP contribution is -2.34. The molecule has 2 aromatic rings. The number of carbonyl (C=O) groups excluding carboxylic acids is 2. The first-order valence-electron chi connectivity index (χ1n) is 8.41. The Morgan fingerprint density at radius 3 is 2.04 bits per heavy atom. The van der Waals surface area contributed by atoms with E-state index in [0.717, 1.165) is 0 Å². The zero-order valence-electron chi connectivity index (χ0n) is 15.4. The van der Waals surface area contributed by atoms with Crippen molar-refractivity contribution in [3.05, 3.63) is 54.1 Å². The minimum Gasteiger partial charge on any atom is -0.494 e. The van der Waals surface area contributed by atoms with E-state index >= 15 is 0 Å². The predicted molar refractivity (Wildman–Crippen MR) is 118 cm³/mol. The van der Waals surface area contributed by atoms with Crippen LogP contribution in [0.15, 0.2) is 48.5 Å². The molecule has 7 nitrogen and oxygen atoms in total. The minimum absolute atomic E-state index is 0.168. The predicted octanol–water partition coefficient (Wildman–Crippen LogP) is 3.05. The zero-order valence-corrected chi connectivity index (χ0v) is 17.0. The zero-order chi connectivity index (χ0) is 20.5. The van der Waals surface area contributed by atoms with Crippen LogP contribution in [0.2, 0.25) is 0 Å². The number of hydrogen-bond acceptors (Lipinski definition) is 5. The van der Waals surface area contributed by atoms with Gasteiger partial charge in [0.15, 0.2) is 10.2 Å². The molecule has 0 aliphatic rings. The molecule has 0 unspecified atom stereocenters. The number of rotatable bonds is 5. The lowest BCUT2D eigenvalue weighted by molar-refractivity contribution is -0.117. The highest BCUT2D eigenvalue weighted by Gasteiger charge is 2.09. The molecule has 4 N–H and O–H groups in total. The molecule has 9 heteroatoms. The first kappa shape index (κ1) is 21.3. The van der Waals surface area contributed by atoms with Gasteiger partial charge in [-0.15, -0.1) is 0 Å². The molecule has 0 saturated carbocycles. The van der Waals surface area contributed by atoms with Gasteiger partial charge >= 0.3 is 0 Å². The molecule has 0 radical (unpaired) electrons. The molecule has 0 spiro atoms. The van der Waals surface area contributed by atoms with Crippen LogP contribution in [0.4, 0.5) is 11.4 Å². The number of nitrogens with one attached hydrogen (secondary N) is 4. The Labute approximate surface area is 173 Å². The van der Waals surface area contributed by atoms with E-state index in [0.29, 0.717) is 29.3 Å². The lowest BCUT2D eigenvalue weighted by atomic mass is 10.2. The van der Waals surface area contributed by atoms with Crippen LogP contribution in [-0.4, -0.2) is 28.6 Å². The van der Waals surface area contributed by atoms with Crippen molar-refractivity contribution in [2.75, 3.05) is 17.2 Å². The number of amides is 2. The van der Waals surface area contributed by atoms with Crippen LogP contribution in [0.5, 0.6) is 5.75 Å². The first-order valence-corrected chi connectivity index (χ1v) is 9.23. The Balaban J connectivity index is 1.90. The van der Waals surface area contributed by atoms with Crippen molar-refractivity contribution in [3.8, 4) is 5.75 Å². The molecule has 0 heterocycles. The van der Waals surface area contributed by atoms with Crippen molar-refractivity contribution in [2.45, 2.75) is 13.8 Å². The van der Waals surface area contributed by atoms with Crippen molar-refractivity contribution in [1.82, 2.24) is 10.6 Å². The maximum absolute atomic E-state index is 12.3. The Morgan fingerprint density at radius 1 is 0.929 bits per heavy atom. The van der Waals surface area contributed by atoms with Crippen LogP contribution >= 0.6 is 24.4 Å². The van der Waals surface area contributed by atoms with E-state index in [-0.39, 0.29) is 22.0 Å². The van der Waals surface area contributed by atoms with Crippen molar-refractivity contribution in [1.29, 1.82) is 0 Å². The fourth-order valence-electron chi connectivity index (χ4n) is 2.19. The van der Waals surface area contributed by atoms with Crippen LogP contribution < -0.4 is 26.0 Å². The van der Waals surface area contributed by atoms with Gasteiger partial charge in [-0.05, 0) is 73.8 Å².